The summed E-state index contributed by atoms with van der Waals surface area (Å²) in [7, 11) is 0. The zero-order chi connectivity index (χ0) is 12.7. The van der Waals surface area contributed by atoms with Crippen LogP contribution in [-0.2, 0) is 9.53 Å². The van der Waals surface area contributed by atoms with E-state index < -0.39 is 0 Å². The zero-order valence-electron chi connectivity index (χ0n) is 11.5. The Morgan fingerprint density at radius 3 is 2.88 bits per heavy atom. The highest BCUT2D eigenvalue weighted by Crippen LogP contribution is 2.27. The van der Waals surface area contributed by atoms with Gasteiger partial charge in [-0.2, -0.15) is 0 Å². The highest BCUT2D eigenvalue weighted by Gasteiger charge is 2.20. The van der Waals surface area contributed by atoms with Crippen LogP contribution in [0.15, 0.2) is 11.6 Å². The van der Waals surface area contributed by atoms with E-state index in [0.29, 0.717) is 12.3 Å². The van der Waals surface area contributed by atoms with E-state index in [4.69, 9.17) is 4.74 Å². The SMILES string of the molecule is CCCC(CC)OC(=O)CC1CCCC=C1C. The molecule has 0 aromatic carbocycles. The molecule has 0 aliphatic heterocycles. The van der Waals surface area contributed by atoms with Crippen molar-refractivity contribution in [1.82, 2.24) is 0 Å². The monoisotopic (exact) mass is 238 g/mol. The standard InChI is InChI=1S/C15H26O2/c1-4-8-14(5-2)17-15(16)11-13-10-7-6-9-12(13)3/h9,13-14H,4-8,10-11H2,1-3H3. The summed E-state index contributed by atoms with van der Waals surface area (Å²) in [6.45, 7) is 6.35. The molecule has 1 aliphatic carbocycles. The molecule has 2 nitrogen and oxygen atoms in total. The Labute approximate surface area is 105 Å². The van der Waals surface area contributed by atoms with Crippen molar-refractivity contribution in [3.63, 3.8) is 0 Å². The van der Waals surface area contributed by atoms with Gasteiger partial charge in [0.15, 0.2) is 0 Å². The van der Waals surface area contributed by atoms with Crippen LogP contribution in [0.2, 0.25) is 0 Å². The summed E-state index contributed by atoms with van der Waals surface area (Å²) in [5.74, 6) is 0.417. The van der Waals surface area contributed by atoms with Gasteiger partial charge in [0.05, 0.1) is 6.42 Å². The quantitative estimate of drug-likeness (QED) is 0.511. The van der Waals surface area contributed by atoms with Crippen LogP contribution in [0.5, 0.6) is 0 Å². The largest absolute Gasteiger partial charge is 0.462 e. The lowest BCUT2D eigenvalue weighted by molar-refractivity contribution is -0.150. The van der Waals surface area contributed by atoms with Crippen LogP contribution in [-0.4, -0.2) is 12.1 Å². The fourth-order valence-corrected chi connectivity index (χ4v) is 2.45. The average Bonchev–Trinajstić information content (AvgIpc) is 2.31. The van der Waals surface area contributed by atoms with Gasteiger partial charge in [0.2, 0.25) is 0 Å². The number of allylic oxidation sites excluding steroid dienone is 2. The fourth-order valence-electron chi connectivity index (χ4n) is 2.45. The summed E-state index contributed by atoms with van der Waals surface area (Å²) in [6, 6.07) is 0. The Balaban J connectivity index is 2.37. The number of ether oxygens (including phenoxy) is 1. The Morgan fingerprint density at radius 1 is 1.53 bits per heavy atom. The molecule has 0 amide bonds. The van der Waals surface area contributed by atoms with Crippen molar-refractivity contribution >= 4 is 5.97 Å². The van der Waals surface area contributed by atoms with Crippen LogP contribution in [0.25, 0.3) is 0 Å². The molecule has 17 heavy (non-hydrogen) atoms. The molecule has 0 radical (unpaired) electrons. The van der Waals surface area contributed by atoms with Crippen molar-refractivity contribution in [3.8, 4) is 0 Å². The van der Waals surface area contributed by atoms with Gasteiger partial charge in [0, 0.05) is 0 Å². The Kier molecular flexibility index (Phi) is 6.31. The molecule has 0 N–H and O–H groups in total. The Hall–Kier alpha value is -0.790. The second-order valence-electron chi connectivity index (χ2n) is 5.09. The van der Waals surface area contributed by atoms with Gasteiger partial charge in [-0.3, -0.25) is 4.79 Å². The molecule has 1 rings (SSSR count). The summed E-state index contributed by atoms with van der Waals surface area (Å²) in [6.07, 6.45) is 9.48. The van der Waals surface area contributed by atoms with Crippen molar-refractivity contribution in [1.29, 1.82) is 0 Å². The number of hydrogen-bond donors (Lipinski definition) is 0. The number of carbonyl (C=O) groups excluding carboxylic acids is 1. The van der Waals surface area contributed by atoms with Crippen LogP contribution in [0, 0.1) is 5.92 Å². The van der Waals surface area contributed by atoms with Crippen LogP contribution in [0.1, 0.15) is 65.7 Å². The highest BCUT2D eigenvalue weighted by molar-refractivity contribution is 5.70. The van der Waals surface area contributed by atoms with Crippen molar-refractivity contribution in [2.45, 2.75) is 71.8 Å². The summed E-state index contributed by atoms with van der Waals surface area (Å²) in [5, 5.41) is 0. The van der Waals surface area contributed by atoms with Crippen LogP contribution < -0.4 is 0 Å². The minimum atomic E-state index is -0.00931. The second-order valence-corrected chi connectivity index (χ2v) is 5.09. The molecule has 2 heteroatoms. The Bertz CT molecular complexity index is 268. The summed E-state index contributed by atoms with van der Waals surface area (Å²) < 4.78 is 5.52. The molecule has 0 saturated heterocycles. The summed E-state index contributed by atoms with van der Waals surface area (Å²) in [5.41, 5.74) is 1.37. The fraction of sp³-hybridized carbons (Fsp3) is 0.800. The minimum Gasteiger partial charge on any atom is -0.462 e. The number of esters is 1. The molecule has 2 unspecified atom stereocenters. The number of hydrogen-bond acceptors (Lipinski definition) is 2. The van der Waals surface area contributed by atoms with Crippen LogP contribution >= 0.6 is 0 Å². The molecule has 0 fully saturated rings. The van der Waals surface area contributed by atoms with E-state index in [0.717, 1.165) is 25.7 Å². The van der Waals surface area contributed by atoms with Crippen molar-refractivity contribution in [3.05, 3.63) is 11.6 Å². The minimum absolute atomic E-state index is 0.00931. The highest BCUT2D eigenvalue weighted by atomic mass is 16.5. The van der Waals surface area contributed by atoms with E-state index in [-0.39, 0.29) is 12.1 Å². The first-order chi connectivity index (χ1) is 8.17. The first kappa shape index (κ1) is 14.3. The lowest BCUT2D eigenvalue weighted by Gasteiger charge is -2.22. The normalized spacial score (nSPS) is 21.8. The topological polar surface area (TPSA) is 26.3 Å². The summed E-state index contributed by atoms with van der Waals surface area (Å²) in [4.78, 5) is 11.9. The van der Waals surface area contributed by atoms with E-state index in [1.165, 1.54) is 18.4 Å². The third kappa shape index (κ3) is 4.93. The predicted octanol–water partition coefficient (Wildman–Crippen LogP) is 4.24. The predicted molar refractivity (Wildman–Crippen MR) is 70.8 cm³/mol. The molecule has 0 spiro atoms. The van der Waals surface area contributed by atoms with Gasteiger partial charge in [-0.15, -0.1) is 0 Å². The maximum absolute atomic E-state index is 11.9. The van der Waals surface area contributed by atoms with E-state index in [1.807, 2.05) is 0 Å². The van der Waals surface area contributed by atoms with E-state index in [1.54, 1.807) is 0 Å². The van der Waals surface area contributed by atoms with Crippen LogP contribution in [0.4, 0.5) is 0 Å². The van der Waals surface area contributed by atoms with Gasteiger partial charge in [-0.1, -0.05) is 31.9 Å². The van der Waals surface area contributed by atoms with Gasteiger partial charge in [0.1, 0.15) is 6.10 Å². The molecular weight excluding hydrogens is 212 g/mol. The molecule has 0 aromatic heterocycles. The van der Waals surface area contributed by atoms with Gasteiger partial charge >= 0.3 is 5.97 Å². The zero-order valence-corrected chi connectivity index (χ0v) is 11.5. The third-order valence-electron chi connectivity index (χ3n) is 3.64. The molecule has 0 aromatic rings. The second kappa shape index (κ2) is 7.52. The average molecular weight is 238 g/mol. The maximum atomic E-state index is 11.9. The van der Waals surface area contributed by atoms with Crippen molar-refractivity contribution in [2.24, 2.45) is 5.92 Å². The number of rotatable bonds is 6. The lowest BCUT2D eigenvalue weighted by Crippen LogP contribution is -2.20. The molecule has 0 heterocycles. The van der Waals surface area contributed by atoms with Crippen molar-refractivity contribution < 1.29 is 9.53 Å². The Morgan fingerprint density at radius 2 is 2.29 bits per heavy atom. The van der Waals surface area contributed by atoms with E-state index in [9.17, 15) is 4.79 Å². The molecule has 1 aliphatic rings. The third-order valence-corrected chi connectivity index (χ3v) is 3.64. The lowest BCUT2D eigenvalue weighted by atomic mass is 9.86. The van der Waals surface area contributed by atoms with Crippen LogP contribution in [0.3, 0.4) is 0 Å². The van der Waals surface area contributed by atoms with Gasteiger partial charge < -0.3 is 4.74 Å². The van der Waals surface area contributed by atoms with Gasteiger partial charge in [-0.25, -0.2) is 0 Å². The first-order valence-electron chi connectivity index (χ1n) is 7.03. The van der Waals surface area contributed by atoms with E-state index in [2.05, 4.69) is 26.8 Å². The van der Waals surface area contributed by atoms with Gasteiger partial charge in [-0.05, 0) is 44.9 Å². The molecule has 0 saturated carbocycles. The smallest absolute Gasteiger partial charge is 0.306 e. The van der Waals surface area contributed by atoms with E-state index >= 15 is 0 Å². The van der Waals surface area contributed by atoms with Gasteiger partial charge in [0.25, 0.3) is 0 Å². The molecule has 98 valence electrons. The molecule has 2 atom stereocenters. The molecule has 0 bridgehead atoms. The maximum Gasteiger partial charge on any atom is 0.306 e. The number of carbonyl (C=O) groups is 1. The first-order valence-corrected chi connectivity index (χ1v) is 7.03. The van der Waals surface area contributed by atoms with Crippen molar-refractivity contribution in [2.75, 3.05) is 0 Å². The summed E-state index contributed by atoms with van der Waals surface area (Å²) >= 11 is 0. The molecular formula is C15H26O2.